The van der Waals surface area contributed by atoms with E-state index in [4.69, 9.17) is 39.9 Å². The number of rotatable bonds is 44. The zero-order chi connectivity index (χ0) is 51.0. The summed E-state index contributed by atoms with van der Waals surface area (Å²) in [6, 6.07) is -4.59. The third-order valence-electron chi connectivity index (χ3n) is 9.51. The molecular weight excluding hydrogens is 899 g/mol. The highest BCUT2D eigenvalue weighted by Gasteiger charge is 2.31. The Labute approximate surface area is 399 Å². The number of Topliss-reactive ketones (excluding diaryl/α,β-unsaturated/α-hetero) is 1. The number of nitrogens with two attached hydrogens (primary N) is 2. The number of ketones is 1. The quantitative estimate of drug-likeness (QED) is 0.0288. The first-order chi connectivity index (χ1) is 32.5. The molecule has 25 heteroatoms. The van der Waals surface area contributed by atoms with Gasteiger partial charge in [0.25, 0.3) is 0 Å². The number of unbranched alkanes of at least 4 members (excludes halogenated alkanes) is 1. The molecule has 8 amide bonds. The van der Waals surface area contributed by atoms with E-state index < -0.39 is 66.2 Å². The number of urea groups is 1. The summed E-state index contributed by atoms with van der Waals surface area (Å²) in [6.45, 7) is 10.3. The van der Waals surface area contributed by atoms with Crippen molar-refractivity contribution in [3.05, 3.63) is 0 Å². The summed E-state index contributed by atoms with van der Waals surface area (Å²) in [5, 5.41) is 27.4. The Bertz CT molecular complexity index is 1490. The molecule has 0 heterocycles. The Morgan fingerprint density at radius 3 is 1.49 bits per heavy atom. The van der Waals surface area contributed by atoms with E-state index in [0.717, 1.165) is 12.8 Å². The molecule has 4 unspecified atom stereocenters. The second-order valence-electron chi connectivity index (χ2n) is 15.7. The summed E-state index contributed by atoms with van der Waals surface area (Å²) in [4.78, 5) is 109. The van der Waals surface area contributed by atoms with Gasteiger partial charge in [0.15, 0.2) is 5.78 Å². The summed E-state index contributed by atoms with van der Waals surface area (Å²) >= 11 is 0. The average Bonchev–Trinajstić information content (AvgIpc) is 3.27. The predicted octanol–water partition coefficient (Wildman–Crippen LogP) is -2.26. The molecule has 0 aromatic carbocycles. The SMILES string of the molecule is CC(=O)NC(CCCCN)C(=O)NCCOCCOCCOCCC(=O)NCCOCCOCCOCCC(=O)NC(CCC(=O)O)C(=O)NC(C(=O)NC(CCCNC(N)=O)C(C)=O)C(C)C. The molecule has 0 saturated carbocycles. The normalized spacial score (nSPS) is 12.8. The topological polar surface area (TPSA) is 365 Å². The maximum absolute atomic E-state index is 13.2. The first-order valence-electron chi connectivity index (χ1n) is 23.1. The number of hydrogen-bond donors (Lipinski definition) is 10. The van der Waals surface area contributed by atoms with Crippen molar-refractivity contribution < 1.29 is 76.7 Å². The van der Waals surface area contributed by atoms with Crippen LogP contribution in [0.3, 0.4) is 0 Å². The van der Waals surface area contributed by atoms with Gasteiger partial charge >= 0.3 is 12.0 Å². The molecular formula is C43H79N9O16. The average molecular weight is 978 g/mol. The molecule has 0 spiro atoms. The second kappa shape index (κ2) is 41.0. The largest absolute Gasteiger partial charge is 0.481 e. The zero-order valence-electron chi connectivity index (χ0n) is 40.3. The van der Waals surface area contributed by atoms with Gasteiger partial charge < -0.3 is 82.2 Å². The number of carboxylic acid groups (broad SMARTS) is 1. The molecule has 0 bridgehead atoms. The molecule has 4 atom stereocenters. The summed E-state index contributed by atoms with van der Waals surface area (Å²) in [5.74, 6) is -4.69. The van der Waals surface area contributed by atoms with Gasteiger partial charge in [-0.15, -0.1) is 0 Å². The van der Waals surface area contributed by atoms with Crippen molar-refractivity contribution >= 4 is 53.2 Å². The van der Waals surface area contributed by atoms with Crippen molar-refractivity contribution in [2.24, 2.45) is 17.4 Å². The maximum Gasteiger partial charge on any atom is 0.312 e. The molecule has 0 fully saturated rings. The lowest BCUT2D eigenvalue weighted by Crippen LogP contribution is -2.57. The van der Waals surface area contributed by atoms with Crippen LogP contribution in [-0.4, -0.2) is 188 Å². The first-order valence-corrected chi connectivity index (χ1v) is 23.1. The van der Waals surface area contributed by atoms with Gasteiger partial charge in [0, 0.05) is 45.8 Å². The molecule has 0 aliphatic heterocycles. The minimum absolute atomic E-state index is 0.0159. The van der Waals surface area contributed by atoms with Crippen LogP contribution < -0.4 is 48.7 Å². The van der Waals surface area contributed by atoms with Crippen LogP contribution in [0.2, 0.25) is 0 Å². The number of carbonyl (C=O) groups excluding carboxylic acids is 8. The number of carboxylic acids is 1. The van der Waals surface area contributed by atoms with E-state index >= 15 is 0 Å². The number of amides is 8. The first kappa shape index (κ1) is 63.0. The molecule has 392 valence electrons. The van der Waals surface area contributed by atoms with Crippen LogP contribution in [0.15, 0.2) is 0 Å². The Kier molecular flexibility index (Phi) is 37.9. The molecule has 0 saturated heterocycles. The van der Waals surface area contributed by atoms with Gasteiger partial charge in [-0.05, 0) is 57.9 Å². The maximum atomic E-state index is 13.2. The van der Waals surface area contributed by atoms with Crippen LogP contribution >= 0.6 is 0 Å². The minimum Gasteiger partial charge on any atom is -0.481 e. The molecule has 0 radical (unpaired) electrons. The van der Waals surface area contributed by atoms with E-state index in [1.54, 1.807) is 13.8 Å². The molecule has 0 aliphatic rings. The molecule has 12 N–H and O–H groups in total. The van der Waals surface area contributed by atoms with Gasteiger partial charge in [-0.25, -0.2) is 4.79 Å². The highest BCUT2D eigenvalue weighted by atomic mass is 16.5. The van der Waals surface area contributed by atoms with Gasteiger partial charge in [-0.3, -0.25) is 38.4 Å². The van der Waals surface area contributed by atoms with Crippen LogP contribution in [0.4, 0.5) is 4.79 Å². The second-order valence-corrected chi connectivity index (χ2v) is 15.7. The fourth-order valence-corrected chi connectivity index (χ4v) is 5.89. The van der Waals surface area contributed by atoms with Crippen molar-refractivity contribution in [1.82, 2.24) is 37.2 Å². The summed E-state index contributed by atoms with van der Waals surface area (Å²) in [5.41, 5.74) is 10.5. The van der Waals surface area contributed by atoms with E-state index in [9.17, 15) is 48.3 Å². The highest BCUT2D eigenvalue weighted by molar-refractivity contribution is 5.94. The van der Waals surface area contributed by atoms with Gasteiger partial charge in [0.05, 0.1) is 85.3 Å². The van der Waals surface area contributed by atoms with Gasteiger partial charge in [-0.2, -0.15) is 0 Å². The van der Waals surface area contributed by atoms with Crippen LogP contribution in [0.25, 0.3) is 0 Å². The lowest BCUT2D eigenvalue weighted by Gasteiger charge is -2.27. The molecule has 0 rings (SSSR count). The lowest BCUT2D eigenvalue weighted by molar-refractivity contribution is -0.138. The third-order valence-corrected chi connectivity index (χ3v) is 9.51. The zero-order valence-corrected chi connectivity index (χ0v) is 40.3. The van der Waals surface area contributed by atoms with Crippen molar-refractivity contribution in [2.75, 3.05) is 105 Å². The van der Waals surface area contributed by atoms with Crippen molar-refractivity contribution in [2.45, 2.75) is 110 Å². The van der Waals surface area contributed by atoms with E-state index in [1.165, 1.54) is 13.8 Å². The number of primary amides is 1. The fraction of sp³-hybridized carbons (Fsp3) is 0.791. The van der Waals surface area contributed by atoms with Crippen molar-refractivity contribution in [3.8, 4) is 0 Å². The van der Waals surface area contributed by atoms with Gasteiger partial charge in [0.2, 0.25) is 35.4 Å². The van der Waals surface area contributed by atoms with E-state index in [-0.39, 0.29) is 109 Å². The summed E-state index contributed by atoms with van der Waals surface area (Å²) < 4.78 is 32.6. The van der Waals surface area contributed by atoms with Crippen LogP contribution in [-0.2, 0) is 66.8 Å². The van der Waals surface area contributed by atoms with Crippen LogP contribution in [0.1, 0.15) is 85.5 Å². The number of hydrogen-bond acceptors (Lipinski definition) is 16. The van der Waals surface area contributed by atoms with Gasteiger partial charge in [0.1, 0.15) is 18.1 Å². The molecule has 25 nitrogen and oxygen atoms in total. The van der Waals surface area contributed by atoms with Crippen LogP contribution in [0.5, 0.6) is 0 Å². The third kappa shape index (κ3) is 36.1. The molecule has 68 heavy (non-hydrogen) atoms. The van der Waals surface area contributed by atoms with E-state index in [1.807, 2.05) is 0 Å². The number of nitrogens with one attached hydrogen (secondary N) is 7. The van der Waals surface area contributed by atoms with E-state index in [0.29, 0.717) is 58.9 Å². The standard InChI is InChI=1S/C43H79N9O16/c1-30(2)39(42(61)51-33(31(3)53)9-7-15-48-43(45)62)52-41(60)35(10-11-38(57)58)50-37(56)13-19-64-23-27-68-28-24-65-20-16-46-36(55)12-18-63-22-26-67-29-25-66-21-17-47-40(59)34(49-32(4)54)8-5-6-14-44/h30,33-35,39H,5-29,44H2,1-4H3,(H,46,55)(H,47,59)(H,49,54)(H,50,56)(H,51,61)(H,52,60)(H,57,58)(H3,45,48,62). The fourth-order valence-electron chi connectivity index (χ4n) is 5.89. The van der Waals surface area contributed by atoms with Gasteiger partial charge in [-0.1, -0.05) is 13.8 Å². The number of carbonyl (C=O) groups is 9. The van der Waals surface area contributed by atoms with Crippen molar-refractivity contribution in [3.63, 3.8) is 0 Å². The number of aliphatic carboxylic acids is 1. The minimum atomic E-state index is -1.27. The van der Waals surface area contributed by atoms with E-state index in [2.05, 4.69) is 37.2 Å². The summed E-state index contributed by atoms with van der Waals surface area (Å²) in [7, 11) is 0. The number of ether oxygens (including phenoxy) is 6. The lowest BCUT2D eigenvalue weighted by atomic mass is 10.0. The molecule has 0 aliphatic carbocycles. The van der Waals surface area contributed by atoms with Crippen molar-refractivity contribution in [1.29, 1.82) is 0 Å². The Hall–Kier alpha value is -5.05. The molecule has 0 aromatic rings. The smallest absolute Gasteiger partial charge is 0.312 e. The highest BCUT2D eigenvalue weighted by Crippen LogP contribution is 2.08. The summed E-state index contributed by atoms with van der Waals surface area (Å²) in [6.07, 6.45) is 1.92. The molecule has 0 aromatic heterocycles. The monoisotopic (exact) mass is 978 g/mol. The predicted molar refractivity (Wildman–Crippen MR) is 246 cm³/mol. The Morgan fingerprint density at radius 1 is 0.485 bits per heavy atom. The van der Waals surface area contributed by atoms with Crippen LogP contribution in [0, 0.1) is 5.92 Å². The Morgan fingerprint density at radius 2 is 0.985 bits per heavy atom. The Balaban J connectivity index is 4.13.